The van der Waals surface area contributed by atoms with Crippen LogP contribution in [0.2, 0.25) is 0 Å². The maximum absolute atomic E-state index is 13.6. The molecule has 0 aromatic heterocycles. The second-order valence-electron chi connectivity index (χ2n) is 9.98. The van der Waals surface area contributed by atoms with Crippen LogP contribution in [0.3, 0.4) is 0 Å². The van der Waals surface area contributed by atoms with Crippen LogP contribution in [0.5, 0.6) is 5.75 Å². The highest BCUT2D eigenvalue weighted by atomic mass is 16.5. The van der Waals surface area contributed by atoms with Gasteiger partial charge in [-0.1, -0.05) is 36.4 Å². The fourth-order valence-corrected chi connectivity index (χ4v) is 5.67. The third-order valence-electron chi connectivity index (χ3n) is 7.90. The zero-order chi connectivity index (χ0) is 25.2. The van der Waals surface area contributed by atoms with Gasteiger partial charge < -0.3 is 19.4 Å². The lowest BCUT2D eigenvalue weighted by Crippen LogP contribution is -2.53. The highest BCUT2D eigenvalue weighted by Gasteiger charge is 2.33. The second kappa shape index (κ2) is 10.2. The number of hydrogen-bond acceptors (Lipinski definition) is 4. The van der Waals surface area contributed by atoms with Crippen molar-refractivity contribution >= 4 is 28.3 Å². The average molecular weight is 486 g/mol. The number of carbonyl (C=O) groups is 2. The number of fused-ring (bicyclic) bond motifs is 1. The summed E-state index contributed by atoms with van der Waals surface area (Å²) in [6.45, 7) is 8.59. The highest BCUT2D eigenvalue weighted by Crippen LogP contribution is 2.31. The van der Waals surface area contributed by atoms with Crippen LogP contribution in [0.4, 0.5) is 5.69 Å². The van der Waals surface area contributed by atoms with E-state index in [9.17, 15) is 9.59 Å². The van der Waals surface area contributed by atoms with Crippen LogP contribution >= 0.6 is 0 Å². The van der Waals surface area contributed by atoms with E-state index < -0.39 is 0 Å². The number of nitrogens with zero attached hydrogens (tertiary/aromatic N) is 3. The van der Waals surface area contributed by atoms with Crippen molar-refractivity contribution in [1.29, 1.82) is 0 Å². The van der Waals surface area contributed by atoms with E-state index in [4.69, 9.17) is 4.74 Å². The average Bonchev–Trinajstić information content (AvgIpc) is 2.93. The van der Waals surface area contributed by atoms with E-state index in [0.717, 1.165) is 55.5 Å². The predicted molar refractivity (Wildman–Crippen MR) is 144 cm³/mol. The van der Waals surface area contributed by atoms with E-state index in [0.29, 0.717) is 18.7 Å². The van der Waals surface area contributed by atoms with Crippen molar-refractivity contribution in [3.8, 4) is 5.75 Å². The van der Waals surface area contributed by atoms with E-state index in [1.54, 1.807) is 7.11 Å². The summed E-state index contributed by atoms with van der Waals surface area (Å²) in [7, 11) is 1.64. The van der Waals surface area contributed by atoms with Crippen molar-refractivity contribution in [3.05, 3.63) is 71.3 Å². The molecule has 2 saturated heterocycles. The molecule has 0 bridgehead atoms. The van der Waals surface area contributed by atoms with Crippen molar-refractivity contribution in [2.45, 2.75) is 26.7 Å². The molecular formula is C30H35N3O3. The highest BCUT2D eigenvalue weighted by molar-refractivity contribution is 6.08. The first-order chi connectivity index (χ1) is 17.5. The van der Waals surface area contributed by atoms with Crippen LogP contribution in [-0.2, 0) is 4.79 Å². The molecule has 0 aliphatic carbocycles. The minimum absolute atomic E-state index is 0.00825. The van der Waals surface area contributed by atoms with Gasteiger partial charge in [0.2, 0.25) is 5.91 Å². The molecule has 36 heavy (non-hydrogen) atoms. The summed E-state index contributed by atoms with van der Waals surface area (Å²) < 4.78 is 5.49. The number of piperidine rings is 1. The van der Waals surface area contributed by atoms with Gasteiger partial charge in [-0.15, -0.1) is 0 Å². The van der Waals surface area contributed by atoms with Gasteiger partial charge in [-0.25, -0.2) is 0 Å². The van der Waals surface area contributed by atoms with E-state index >= 15 is 0 Å². The van der Waals surface area contributed by atoms with Crippen LogP contribution in [0.1, 0.15) is 34.3 Å². The molecule has 3 aromatic rings. The van der Waals surface area contributed by atoms with Gasteiger partial charge in [-0.3, -0.25) is 9.59 Å². The lowest BCUT2D eigenvalue weighted by atomic mass is 9.94. The summed E-state index contributed by atoms with van der Waals surface area (Å²) >= 11 is 0. The second-order valence-corrected chi connectivity index (χ2v) is 9.98. The SMILES string of the molecule is COc1ccc(C(=O)N2CCCC(C(=O)N3CCN(c4cccc(C)c4C)CC3)C2)c2ccccc12. The monoisotopic (exact) mass is 485 g/mol. The van der Waals surface area contributed by atoms with Gasteiger partial charge in [0.05, 0.1) is 13.0 Å². The molecule has 2 aliphatic rings. The smallest absolute Gasteiger partial charge is 0.254 e. The molecule has 2 fully saturated rings. The number of rotatable bonds is 4. The van der Waals surface area contributed by atoms with Crippen molar-refractivity contribution in [2.24, 2.45) is 5.92 Å². The number of likely N-dealkylation sites (tertiary alicyclic amines) is 1. The number of aryl methyl sites for hydroxylation is 1. The van der Waals surface area contributed by atoms with E-state index in [1.165, 1.54) is 16.8 Å². The van der Waals surface area contributed by atoms with Crippen LogP contribution < -0.4 is 9.64 Å². The minimum Gasteiger partial charge on any atom is -0.496 e. The quantitative estimate of drug-likeness (QED) is 0.539. The fraction of sp³-hybridized carbons (Fsp3) is 0.400. The van der Waals surface area contributed by atoms with Crippen molar-refractivity contribution in [1.82, 2.24) is 9.80 Å². The zero-order valence-electron chi connectivity index (χ0n) is 21.5. The van der Waals surface area contributed by atoms with Crippen molar-refractivity contribution in [2.75, 3.05) is 51.3 Å². The number of carbonyl (C=O) groups excluding carboxylic acids is 2. The standard InChI is InChI=1S/C30H35N3O3/c1-21-8-6-12-27(22(21)2)31-16-18-32(19-17-31)29(34)23-9-7-15-33(20-23)30(35)26-13-14-28(36-3)25-11-5-4-10-24(25)26/h4-6,8,10-14,23H,7,9,15-20H2,1-3H3. The summed E-state index contributed by atoms with van der Waals surface area (Å²) in [5.74, 6) is 0.798. The molecule has 6 nitrogen and oxygen atoms in total. The minimum atomic E-state index is -0.139. The lowest BCUT2D eigenvalue weighted by Gasteiger charge is -2.40. The number of amides is 2. The Kier molecular flexibility index (Phi) is 6.86. The Hall–Kier alpha value is -3.54. The molecule has 3 aromatic carbocycles. The molecule has 0 radical (unpaired) electrons. The largest absolute Gasteiger partial charge is 0.496 e. The molecule has 5 rings (SSSR count). The number of hydrogen-bond donors (Lipinski definition) is 0. The first kappa shape index (κ1) is 24.2. The van der Waals surface area contributed by atoms with Crippen molar-refractivity contribution in [3.63, 3.8) is 0 Å². The van der Waals surface area contributed by atoms with Gasteiger partial charge in [0, 0.05) is 55.9 Å². The third-order valence-corrected chi connectivity index (χ3v) is 7.90. The molecule has 2 amide bonds. The maximum Gasteiger partial charge on any atom is 0.254 e. The van der Waals surface area contributed by atoms with Gasteiger partial charge in [-0.2, -0.15) is 0 Å². The molecule has 0 spiro atoms. The lowest BCUT2D eigenvalue weighted by molar-refractivity contribution is -0.137. The van der Waals surface area contributed by atoms with Crippen LogP contribution in [0.15, 0.2) is 54.6 Å². The Morgan fingerprint density at radius 2 is 1.58 bits per heavy atom. The van der Waals surface area contributed by atoms with E-state index in [2.05, 4.69) is 36.9 Å². The van der Waals surface area contributed by atoms with Gasteiger partial charge in [0.15, 0.2) is 0 Å². The summed E-state index contributed by atoms with van der Waals surface area (Å²) in [5, 5.41) is 1.81. The number of ether oxygens (including phenoxy) is 1. The number of anilines is 1. The van der Waals surface area contributed by atoms with Crippen LogP contribution in [0.25, 0.3) is 10.8 Å². The first-order valence-corrected chi connectivity index (χ1v) is 12.9. The van der Waals surface area contributed by atoms with Crippen LogP contribution in [-0.4, -0.2) is 68.0 Å². The maximum atomic E-state index is 13.6. The molecule has 2 heterocycles. The summed E-state index contributed by atoms with van der Waals surface area (Å²) in [6, 6.07) is 18.0. The molecule has 2 aliphatic heterocycles. The molecule has 0 saturated carbocycles. The third kappa shape index (κ3) is 4.52. The Morgan fingerprint density at radius 3 is 2.33 bits per heavy atom. The number of benzene rings is 3. The molecular weight excluding hydrogens is 450 g/mol. The van der Waals surface area contributed by atoms with E-state index in [1.807, 2.05) is 46.2 Å². The molecule has 6 heteroatoms. The van der Waals surface area contributed by atoms with Gasteiger partial charge in [-0.05, 0) is 61.4 Å². The molecule has 0 N–H and O–H groups in total. The van der Waals surface area contributed by atoms with Gasteiger partial charge in [0.25, 0.3) is 5.91 Å². The Bertz CT molecular complexity index is 1280. The Balaban J connectivity index is 1.26. The van der Waals surface area contributed by atoms with E-state index in [-0.39, 0.29) is 17.7 Å². The first-order valence-electron chi connectivity index (χ1n) is 12.9. The molecule has 1 unspecified atom stereocenters. The Morgan fingerprint density at radius 1 is 0.833 bits per heavy atom. The topological polar surface area (TPSA) is 53.1 Å². The summed E-state index contributed by atoms with van der Waals surface area (Å²) in [6.07, 6.45) is 1.68. The number of methoxy groups -OCH3 is 1. The van der Waals surface area contributed by atoms with Gasteiger partial charge >= 0.3 is 0 Å². The molecule has 1 atom stereocenters. The normalized spacial score (nSPS) is 18.4. The summed E-state index contributed by atoms with van der Waals surface area (Å²) in [5.41, 5.74) is 4.54. The van der Waals surface area contributed by atoms with Crippen LogP contribution in [0, 0.1) is 19.8 Å². The zero-order valence-corrected chi connectivity index (χ0v) is 21.5. The Labute approximate surface area is 213 Å². The van der Waals surface area contributed by atoms with Gasteiger partial charge in [0.1, 0.15) is 5.75 Å². The fourth-order valence-electron chi connectivity index (χ4n) is 5.67. The molecule has 188 valence electrons. The number of piperazine rings is 1. The summed E-state index contributed by atoms with van der Waals surface area (Å²) in [4.78, 5) is 33.3. The van der Waals surface area contributed by atoms with Crippen molar-refractivity contribution < 1.29 is 14.3 Å². The predicted octanol–water partition coefficient (Wildman–Crippen LogP) is 4.67.